The molecule has 0 fully saturated rings. The van der Waals surface area contributed by atoms with E-state index in [9.17, 15) is 0 Å². The van der Waals surface area contributed by atoms with E-state index in [2.05, 4.69) is 161 Å². The number of benzene rings is 5. The molecule has 0 aliphatic carbocycles. The van der Waals surface area contributed by atoms with Gasteiger partial charge < -0.3 is 0 Å². The molecule has 4 heteroatoms. The first-order chi connectivity index (χ1) is 21.2. The lowest BCUT2D eigenvalue weighted by Crippen LogP contribution is -2.26. The Balaban J connectivity index is 1.33. The highest BCUT2D eigenvalue weighted by atomic mass is 15.1. The molecule has 3 heterocycles. The van der Waals surface area contributed by atoms with Gasteiger partial charge in [0, 0.05) is 29.8 Å². The zero-order chi connectivity index (χ0) is 28.9. The highest BCUT2D eigenvalue weighted by Gasteiger charge is 2.18. The summed E-state index contributed by atoms with van der Waals surface area (Å²) in [5.41, 5.74) is 9.19. The molecule has 0 saturated carbocycles. The van der Waals surface area contributed by atoms with Crippen molar-refractivity contribution in [1.82, 2.24) is 9.55 Å². The van der Waals surface area contributed by atoms with Crippen molar-refractivity contribution >= 4 is 32.6 Å². The fraction of sp³-hybridized carbons (Fsp3) is 0.0513. The van der Waals surface area contributed by atoms with Crippen molar-refractivity contribution < 1.29 is 9.13 Å². The van der Waals surface area contributed by atoms with Crippen molar-refractivity contribution in [3.63, 3.8) is 0 Å². The summed E-state index contributed by atoms with van der Waals surface area (Å²) < 4.78 is 6.38. The first-order valence-electron chi connectivity index (χ1n) is 14.6. The molecule has 0 atom stereocenters. The Bertz CT molecular complexity index is 2220. The molecule has 0 N–H and O–H groups in total. The van der Waals surface area contributed by atoms with Crippen molar-refractivity contribution in [3.05, 3.63) is 146 Å². The number of hydrogen-bond acceptors (Lipinski definition) is 1. The third-order valence-electron chi connectivity index (χ3n) is 8.41. The van der Waals surface area contributed by atoms with Gasteiger partial charge in [0.15, 0.2) is 24.8 Å². The van der Waals surface area contributed by atoms with E-state index in [1.54, 1.807) is 0 Å². The number of aromatic nitrogens is 4. The second-order valence-corrected chi connectivity index (χ2v) is 11.2. The molecule has 0 saturated heterocycles. The summed E-state index contributed by atoms with van der Waals surface area (Å²) in [6.45, 7) is 0. The fourth-order valence-electron chi connectivity index (χ4n) is 6.33. The van der Waals surface area contributed by atoms with Crippen LogP contribution in [-0.4, -0.2) is 9.55 Å². The Kier molecular flexibility index (Phi) is 5.86. The lowest BCUT2D eigenvalue weighted by atomic mass is 9.86. The predicted octanol–water partition coefficient (Wildman–Crippen LogP) is 7.98. The minimum Gasteiger partial charge on any atom is -0.292 e. The van der Waals surface area contributed by atoms with Gasteiger partial charge in [0.25, 0.3) is 0 Å². The molecular formula is C39H30N4+2. The standard InChI is InChI=1S/C39H30N4/c1-41-23-19-28(20-24-41)38-33-11-5-3-9-31(33)37(32-10-4-6-12-34(32)38)27-15-17-29(18-16-27)39-40-35-13-7-8-14-36(35)43(39)30-21-25-42(2)26-22-30/h3-26H,1-2H3/q+2. The van der Waals surface area contributed by atoms with Gasteiger partial charge in [0.05, 0.1) is 16.7 Å². The Morgan fingerprint density at radius 3 is 1.47 bits per heavy atom. The van der Waals surface area contributed by atoms with Crippen LogP contribution in [0.5, 0.6) is 0 Å². The molecule has 0 aliphatic rings. The molecule has 3 aromatic heterocycles. The molecule has 204 valence electrons. The van der Waals surface area contributed by atoms with Crippen molar-refractivity contribution in [3.8, 4) is 39.3 Å². The maximum absolute atomic E-state index is 5.09. The number of para-hydroxylation sites is 2. The molecular weight excluding hydrogens is 524 g/mol. The topological polar surface area (TPSA) is 25.6 Å². The largest absolute Gasteiger partial charge is 0.292 e. The van der Waals surface area contributed by atoms with E-state index in [0.717, 1.165) is 28.1 Å². The molecule has 0 spiro atoms. The molecule has 8 aromatic rings. The third kappa shape index (κ3) is 4.19. The van der Waals surface area contributed by atoms with Crippen LogP contribution < -0.4 is 9.13 Å². The van der Waals surface area contributed by atoms with Crippen LogP contribution in [0.15, 0.2) is 146 Å². The molecule has 0 aliphatic heterocycles. The normalized spacial score (nSPS) is 11.5. The van der Waals surface area contributed by atoms with Crippen molar-refractivity contribution in [1.29, 1.82) is 0 Å². The molecule has 0 unspecified atom stereocenters. The van der Waals surface area contributed by atoms with Crippen molar-refractivity contribution in [2.45, 2.75) is 0 Å². The molecule has 4 nitrogen and oxygen atoms in total. The van der Waals surface area contributed by atoms with Gasteiger partial charge in [-0.2, -0.15) is 0 Å². The van der Waals surface area contributed by atoms with Crippen LogP contribution in [-0.2, 0) is 14.1 Å². The van der Waals surface area contributed by atoms with Gasteiger partial charge in [-0.3, -0.25) is 4.57 Å². The van der Waals surface area contributed by atoms with Gasteiger partial charge in [-0.05, 0) is 55.9 Å². The zero-order valence-corrected chi connectivity index (χ0v) is 24.1. The van der Waals surface area contributed by atoms with E-state index in [1.807, 2.05) is 13.1 Å². The maximum Gasteiger partial charge on any atom is 0.170 e. The highest BCUT2D eigenvalue weighted by Crippen LogP contribution is 2.43. The summed E-state index contributed by atoms with van der Waals surface area (Å²) in [5.74, 6) is 0.934. The Labute approximate surface area is 250 Å². The van der Waals surface area contributed by atoms with Crippen LogP contribution in [0.1, 0.15) is 0 Å². The minimum atomic E-state index is 0.934. The smallest absolute Gasteiger partial charge is 0.170 e. The average Bonchev–Trinajstić information content (AvgIpc) is 3.44. The number of aryl methyl sites for hydroxylation is 2. The first kappa shape index (κ1) is 25.1. The molecule has 8 rings (SSSR count). The van der Waals surface area contributed by atoms with Gasteiger partial charge in [-0.25, -0.2) is 14.1 Å². The average molecular weight is 555 g/mol. The van der Waals surface area contributed by atoms with Crippen LogP contribution >= 0.6 is 0 Å². The van der Waals surface area contributed by atoms with E-state index in [0.29, 0.717) is 0 Å². The number of fused-ring (bicyclic) bond motifs is 3. The van der Waals surface area contributed by atoms with E-state index < -0.39 is 0 Å². The minimum absolute atomic E-state index is 0.934. The molecule has 5 aromatic carbocycles. The molecule has 43 heavy (non-hydrogen) atoms. The Morgan fingerprint density at radius 1 is 0.465 bits per heavy atom. The highest BCUT2D eigenvalue weighted by molar-refractivity contribution is 6.21. The summed E-state index contributed by atoms with van der Waals surface area (Å²) in [6, 6.07) is 43.6. The van der Waals surface area contributed by atoms with Crippen molar-refractivity contribution in [2.75, 3.05) is 0 Å². The molecule has 0 amide bonds. The quantitative estimate of drug-likeness (QED) is 0.160. The van der Waals surface area contributed by atoms with Crippen LogP contribution in [0.2, 0.25) is 0 Å². The second-order valence-electron chi connectivity index (χ2n) is 11.2. The lowest BCUT2D eigenvalue weighted by Gasteiger charge is -2.17. The van der Waals surface area contributed by atoms with E-state index in [-0.39, 0.29) is 0 Å². The maximum atomic E-state index is 5.09. The Hall–Kier alpha value is -5.61. The van der Waals surface area contributed by atoms with E-state index in [1.165, 1.54) is 43.8 Å². The van der Waals surface area contributed by atoms with Crippen LogP contribution in [0.25, 0.3) is 71.9 Å². The first-order valence-corrected chi connectivity index (χ1v) is 14.6. The summed E-state index contributed by atoms with van der Waals surface area (Å²) in [4.78, 5) is 5.09. The number of pyridine rings is 2. The summed E-state index contributed by atoms with van der Waals surface area (Å²) >= 11 is 0. The summed E-state index contributed by atoms with van der Waals surface area (Å²) in [5, 5.41) is 5.02. The van der Waals surface area contributed by atoms with Gasteiger partial charge in [0.2, 0.25) is 0 Å². The second kappa shape index (κ2) is 10.0. The zero-order valence-electron chi connectivity index (χ0n) is 24.1. The summed E-state index contributed by atoms with van der Waals surface area (Å²) in [6.07, 6.45) is 8.39. The summed E-state index contributed by atoms with van der Waals surface area (Å²) in [7, 11) is 4.09. The molecule has 0 radical (unpaired) electrons. The lowest BCUT2D eigenvalue weighted by molar-refractivity contribution is -0.671. The number of hydrogen-bond donors (Lipinski definition) is 0. The van der Waals surface area contributed by atoms with Crippen LogP contribution in [0, 0.1) is 0 Å². The van der Waals surface area contributed by atoms with E-state index in [4.69, 9.17) is 4.98 Å². The van der Waals surface area contributed by atoms with Crippen LogP contribution in [0.4, 0.5) is 0 Å². The predicted molar refractivity (Wildman–Crippen MR) is 175 cm³/mol. The van der Waals surface area contributed by atoms with Gasteiger partial charge >= 0.3 is 0 Å². The SMILES string of the molecule is C[n+]1ccc(-c2c3ccccc3c(-c3ccc(-c4nc5ccccc5n4-c4cc[n+](C)cc4)cc3)c3ccccc23)cc1. The van der Waals surface area contributed by atoms with Crippen LogP contribution in [0.3, 0.4) is 0 Å². The molecule has 0 bridgehead atoms. The number of imidazole rings is 1. The monoisotopic (exact) mass is 554 g/mol. The van der Waals surface area contributed by atoms with Gasteiger partial charge in [-0.15, -0.1) is 0 Å². The fourth-order valence-corrected chi connectivity index (χ4v) is 6.33. The van der Waals surface area contributed by atoms with Gasteiger partial charge in [-0.1, -0.05) is 84.9 Å². The Morgan fingerprint density at radius 2 is 0.907 bits per heavy atom. The third-order valence-corrected chi connectivity index (χ3v) is 8.41. The van der Waals surface area contributed by atoms with Crippen molar-refractivity contribution in [2.24, 2.45) is 14.1 Å². The van der Waals surface area contributed by atoms with E-state index >= 15 is 0 Å². The number of nitrogens with zero attached hydrogens (tertiary/aromatic N) is 4. The van der Waals surface area contributed by atoms with Gasteiger partial charge in [0.1, 0.15) is 19.9 Å². The number of rotatable bonds is 4.